The third-order valence-corrected chi connectivity index (χ3v) is 5.73. The second kappa shape index (κ2) is 7.87. The van der Waals surface area contributed by atoms with Crippen LogP contribution in [0.25, 0.3) is 11.4 Å². The third-order valence-electron chi connectivity index (χ3n) is 5.73. The lowest BCUT2D eigenvalue weighted by atomic mass is 10.0. The predicted octanol–water partition coefficient (Wildman–Crippen LogP) is 2.30. The molecule has 2 aliphatic heterocycles. The van der Waals surface area contributed by atoms with Gasteiger partial charge in [-0.3, -0.25) is 4.98 Å². The summed E-state index contributed by atoms with van der Waals surface area (Å²) in [4.78, 5) is 23.3. The van der Waals surface area contributed by atoms with Crippen LogP contribution in [-0.2, 0) is 17.7 Å². The molecule has 8 nitrogen and oxygen atoms in total. The van der Waals surface area contributed by atoms with Crippen molar-refractivity contribution in [1.29, 1.82) is 0 Å². The molecule has 5 rings (SSSR count). The first-order valence-electron chi connectivity index (χ1n) is 10.3. The number of rotatable bonds is 3. The van der Waals surface area contributed by atoms with E-state index in [0.29, 0.717) is 19.8 Å². The lowest BCUT2D eigenvalue weighted by molar-refractivity contribution is 0.0984. The van der Waals surface area contributed by atoms with Crippen molar-refractivity contribution in [1.82, 2.24) is 19.9 Å². The van der Waals surface area contributed by atoms with Gasteiger partial charge in [0.15, 0.2) is 5.82 Å². The summed E-state index contributed by atoms with van der Waals surface area (Å²) >= 11 is 0. The lowest BCUT2D eigenvalue weighted by Crippen LogP contribution is -2.45. The second-order valence-corrected chi connectivity index (χ2v) is 7.77. The smallest absolute Gasteiger partial charge is 0.161 e. The molecular weight excluding hydrogens is 378 g/mol. The molecule has 1 unspecified atom stereocenters. The van der Waals surface area contributed by atoms with Gasteiger partial charge in [0.1, 0.15) is 11.6 Å². The zero-order valence-electron chi connectivity index (χ0n) is 17.0. The highest BCUT2D eigenvalue weighted by molar-refractivity contribution is 5.64. The Morgan fingerprint density at radius 1 is 1.10 bits per heavy atom. The maximum Gasteiger partial charge on any atom is 0.161 e. The Morgan fingerprint density at radius 3 is 2.73 bits per heavy atom. The Balaban J connectivity index is 1.58. The maximum atomic E-state index is 5.88. The van der Waals surface area contributed by atoms with E-state index in [1.165, 1.54) is 5.56 Å². The van der Waals surface area contributed by atoms with Gasteiger partial charge in [-0.25, -0.2) is 15.0 Å². The number of ether oxygens (including phenoxy) is 1. The fraction of sp³-hybridized carbons (Fsp3) is 0.364. The molecule has 1 fully saturated rings. The minimum atomic E-state index is 0.273. The monoisotopic (exact) mass is 403 g/mol. The van der Waals surface area contributed by atoms with Crippen LogP contribution >= 0.6 is 0 Å². The number of hydrogen-bond donors (Lipinski definition) is 1. The van der Waals surface area contributed by atoms with Gasteiger partial charge in [0.25, 0.3) is 0 Å². The molecule has 4 heterocycles. The number of nitrogens with two attached hydrogens (primary N) is 1. The Hall–Kier alpha value is -3.26. The molecule has 0 radical (unpaired) electrons. The standard InChI is InChI=1S/C22H25N7O/c1-15-14-30-11-10-29(15)22-18-6-9-28(20-12-24-7-8-25-20)13-19(18)26-21(27-22)16-2-4-17(23)5-3-16/h2-5,7-8,12,15H,6,9-11,13-14,23H2,1H3. The molecule has 8 heteroatoms. The van der Waals surface area contributed by atoms with Crippen LogP contribution in [0, 0.1) is 0 Å². The van der Waals surface area contributed by atoms with Gasteiger partial charge in [-0.1, -0.05) is 0 Å². The van der Waals surface area contributed by atoms with Crippen molar-refractivity contribution >= 4 is 17.3 Å². The van der Waals surface area contributed by atoms with Crippen molar-refractivity contribution in [3.63, 3.8) is 0 Å². The fourth-order valence-electron chi connectivity index (χ4n) is 4.10. The molecular formula is C22H25N7O. The molecule has 1 atom stereocenters. The van der Waals surface area contributed by atoms with E-state index in [2.05, 4.69) is 26.7 Å². The van der Waals surface area contributed by atoms with E-state index in [1.807, 2.05) is 24.3 Å². The number of aromatic nitrogens is 4. The molecule has 0 aliphatic carbocycles. The number of morpholine rings is 1. The second-order valence-electron chi connectivity index (χ2n) is 7.77. The van der Waals surface area contributed by atoms with E-state index < -0.39 is 0 Å². The summed E-state index contributed by atoms with van der Waals surface area (Å²) in [5.74, 6) is 2.63. The molecule has 0 bridgehead atoms. The van der Waals surface area contributed by atoms with Crippen molar-refractivity contribution in [3.05, 3.63) is 54.1 Å². The summed E-state index contributed by atoms with van der Waals surface area (Å²) < 4.78 is 5.66. The summed E-state index contributed by atoms with van der Waals surface area (Å²) in [5.41, 5.74) is 9.84. The third kappa shape index (κ3) is 3.54. The van der Waals surface area contributed by atoms with E-state index >= 15 is 0 Å². The van der Waals surface area contributed by atoms with Crippen LogP contribution in [0.1, 0.15) is 18.2 Å². The van der Waals surface area contributed by atoms with Gasteiger partial charge < -0.3 is 20.3 Å². The molecule has 30 heavy (non-hydrogen) atoms. The van der Waals surface area contributed by atoms with Gasteiger partial charge in [0, 0.05) is 42.3 Å². The van der Waals surface area contributed by atoms with E-state index in [1.54, 1.807) is 18.6 Å². The van der Waals surface area contributed by atoms with Gasteiger partial charge in [0.2, 0.25) is 0 Å². The molecule has 154 valence electrons. The first-order chi connectivity index (χ1) is 14.7. The van der Waals surface area contributed by atoms with Gasteiger partial charge >= 0.3 is 0 Å². The topological polar surface area (TPSA) is 93.3 Å². The number of nitrogens with zero attached hydrogens (tertiary/aromatic N) is 6. The van der Waals surface area contributed by atoms with Gasteiger partial charge in [-0.15, -0.1) is 0 Å². The van der Waals surface area contributed by atoms with Gasteiger partial charge in [-0.05, 0) is 37.6 Å². The number of benzene rings is 1. The van der Waals surface area contributed by atoms with Crippen molar-refractivity contribution in [2.24, 2.45) is 0 Å². The van der Waals surface area contributed by atoms with Crippen molar-refractivity contribution in [3.8, 4) is 11.4 Å². The summed E-state index contributed by atoms with van der Waals surface area (Å²) in [5, 5.41) is 0. The highest BCUT2D eigenvalue weighted by atomic mass is 16.5. The minimum Gasteiger partial charge on any atom is -0.399 e. The first kappa shape index (κ1) is 18.7. The van der Waals surface area contributed by atoms with Gasteiger partial charge in [0.05, 0.1) is 37.7 Å². The Morgan fingerprint density at radius 2 is 1.97 bits per heavy atom. The largest absolute Gasteiger partial charge is 0.399 e. The van der Waals surface area contributed by atoms with Crippen LogP contribution in [-0.4, -0.2) is 52.3 Å². The van der Waals surface area contributed by atoms with Crippen LogP contribution in [0.15, 0.2) is 42.9 Å². The first-order valence-corrected chi connectivity index (χ1v) is 10.3. The Bertz CT molecular complexity index is 1030. The summed E-state index contributed by atoms with van der Waals surface area (Å²) in [7, 11) is 0. The van der Waals surface area contributed by atoms with Gasteiger partial charge in [-0.2, -0.15) is 0 Å². The highest BCUT2D eigenvalue weighted by Gasteiger charge is 2.29. The Labute approximate surface area is 175 Å². The van der Waals surface area contributed by atoms with Crippen LogP contribution in [0.2, 0.25) is 0 Å². The van der Waals surface area contributed by atoms with Crippen LogP contribution in [0.3, 0.4) is 0 Å². The van der Waals surface area contributed by atoms with E-state index in [9.17, 15) is 0 Å². The molecule has 2 aromatic heterocycles. The van der Waals surface area contributed by atoms with Crippen molar-refractivity contribution in [2.75, 3.05) is 41.8 Å². The van der Waals surface area contributed by atoms with E-state index in [-0.39, 0.29) is 6.04 Å². The zero-order chi connectivity index (χ0) is 20.5. The van der Waals surface area contributed by atoms with Crippen LogP contribution < -0.4 is 15.5 Å². The van der Waals surface area contributed by atoms with E-state index in [0.717, 1.165) is 53.9 Å². The minimum absolute atomic E-state index is 0.273. The quantitative estimate of drug-likeness (QED) is 0.666. The van der Waals surface area contributed by atoms with Crippen molar-refractivity contribution in [2.45, 2.75) is 25.9 Å². The summed E-state index contributed by atoms with van der Waals surface area (Å²) in [6.07, 6.45) is 6.09. The van der Waals surface area contributed by atoms with E-state index in [4.69, 9.17) is 20.4 Å². The molecule has 1 aromatic carbocycles. The molecule has 1 saturated heterocycles. The molecule has 2 aliphatic rings. The SMILES string of the molecule is CC1COCCN1c1nc(-c2ccc(N)cc2)nc2c1CCN(c1cnccn1)C2. The number of nitrogen functional groups attached to an aromatic ring is 1. The highest BCUT2D eigenvalue weighted by Crippen LogP contribution is 2.32. The summed E-state index contributed by atoms with van der Waals surface area (Å²) in [6.45, 7) is 5.99. The van der Waals surface area contributed by atoms with Crippen LogP contribution in [0.4, 0.5) is 17.3 Å². The average molecular weight is 403 g/mol. The molecule has 0 spiro atoms. The maximum absolute atomic E-state index is 5.88. The normalized spacial score (nSPS) is 18.9. The molecule has 0 saturated carbocycles. The molecule has 3 aromatic rings. The zero-order valence-corrected chi connectivity index (χ0v) is 17.0. The number of anilines is 3. The summed E-state index contributed by atoms with van der Waals surface area (Å²) in [6, 6.07) is 8.01. The number of hydrogen-bond acceptors (Lipinski definition) is 8. The predicted molar refractivity (Wildman–Crippen MR) is 116 cm³/mol. The molecule has 2 N–H and O–H groups in total. The average Bonchev–Trinajstić information content (AvgIpc) is 2.79. The van der Waals surface area contributed by atoms with Crippen LogP contribution in [0.5, 0.6) is 0 Å². The van der Waals surface area contributed by atoms with Crippen molar-refractivity contribution < 1.29 is 4.74 Å². The lowest BCUT2D eigenvalue weighted by Gasteiger charge is -2.38. The Kier molecular flexibility index (Phi) is 4.92. The fourth-order valence-corrected chi connectivity index (χ4v) is 4.10. The number of fused-ring (bicyclic) bond motifs is 1. The molecule has 0 amide bonds.